The number of ether oxygens (including phenoxy) is 1. The predicted molar refractivity (Wildman–Crippen MR) is 71.8 cm³/mol. The fraction of sp³-hybridized carbons (Fsp3) is 0.200. The van der Waals surface area contributed by atoms with E-state index in [1.54, 1.807) is 25.1 Å². The third-order valence-corrected chi connectivity index (χ3v) is 3.10. The maximum absolute atomic E-state index is 13.3. The average molecular weight is 273 g/mol. The molecule has 0 amide bonds. The molecule has 5 heteroatoms. The Labute approximate surface area is 114 Å². The molecule has 0 radical (unpaired) electrons. The molecule has 0 atom stereocenters. The smallest absolute Gasteiger partial charge is 0.312 e. The molecule has 0 aliphatic carbocycles. The molecule has 0 bridgehead atoms. The third-order valence-electron chi connectivity index (χ3n) is 3.10. The van der Waals surface area contributed by atoms with E-state index < -0.39 is 0 Å². The van der Waals surface area contributed by atoms with Gasteiger partial charge < -0.3 is 9.26 Å². The Morgan fingerprint density at radius 2 is 2.20 bits per heavy atom. The van der Waals surface area contributed by atoms with E-state index in [2.05, 4.69) is 5.16 Å². The number of carbonyl (C=O) groups excluding carboxylic acids is 1. The molecule has 4 nitrogen and oxygen atoms in total. The molecule has 0 spiro atoms. The SMILES string of the molecule is CCOC(=O)Cc1noc2ccc3cc(F)ccc3c12. The van der Waals surface area contributed by atoms with Crippen LogP contribution in [-0.4, -0.2) is 17.7 Å². The van der Waals surface area contributed by atoms with Crippen LogP contribution in [0.1, 0.15) is 12.6 Å². The minimum Gasteiger partial charge on any atom is -0.466 e. The van der Waals surface area contributed by atoms with Gasteiger partial charge >= 0.3 is 5.97 Å². The molecular weight excluding hydrogens is 261 g/mol. The molecule has 3 rings (SSSR count). The summed E-state index contributed by atoms with van der Waals surface area (Å²) in [6.45, 7) is 2.07. The van der Waals surface area contributed by atoms with Crippen molar-refractivity contribution in [2.45, 2.75) is 13.3 Å². The van der Waals surface area contributed by atoms with E-state index >= 15 is 0 Å². The molecule has 0 unspecified atom stereocenters. The van der Waals surface area contributed by atoms with Crippen LogP contribution in [0.25, 0.3) is 21.7 Å². The first-order valence-corrected chi connectivity index (χ1v) is 6.31. The predicted octanol–water partition coefficient (Wildman–Crippen LogP) is 3.23. The van der Waals surface area contributed by atoms with Crippen molar-refractivity contribution in [1.29, 1.82) is 0 Å². The lowest BCUT2D eigenvalue weighted by Crippen LogP contribution is -2.07. The zero-order valence-corrected chi connectivity index (χ0v) is 10.9. The van der Waals surface area contributed by atoms with Crippen LogP contribution in [0, 0.1) is 5.82 Å². The highest BCUT2D eigenvalue weighted by Gasteiger charge is 2.15. The standard InChI is InChI=1S/C15H12FNO3/c1-2-19-14(18)8-12-15-11-5-4-10(16)7-9(11)3-6-13(15)20-17-12/h3-7H,2,8H2,1H3. The number of hydrogen-bond acceptors (Lipinski definition) is 4. The second-order valence-electron chi connectivity index (χ2n) is 4.42. The van der Waals surface area contributed by atoms with Gasteiger partial charge in [0.25, 0.3) is 0 Å². The lowest BCUT2D eigenvalue weighted by atomic mass is 10.0. The maximum Gasteiger partial charge on any atom is 0.312 e. The first kappa shape index (κ1) is 12.6. The van der Waals surface area contributed by atoms with E-state index in [4.69, 9.17) is 9.26 Å². The van der Waals surface area contributed by atoms with E-state index in [1.165, 1.54) is 12.1 Å². The number of nitrogens with zero attached hydrogens (tertiary/aromatic N) is 1. The van der Waals surface area contributed by atoms with Crippen molar-refractivity contribution in [3.63, 3.8) is 0 Å². The maximum atomic E-state index is 13.3. The van der Waals surface area contributed by atoms with Crippen molar-refractivity contribution in [2.24, 2.45) is 0 Å². The highest BCUT2D eigenvalue weighted by molar-refractivity contribution is 6.07. The number of halogens is 1. The molecule has 102 valence electrons. The van der Waals surface area contributed by atoms with Crippen LogP contribution >= 0.6 is 0 Å². The second-order valence-corrected chi connectivity index (χ2v) is 4.42. The number of aromatic nitrogens is 1. The van der Waals surface area contributed by atoms with E-state index in [0.29, 0.717) is 17.9 Å². The minimum absolute atomic E-state index is 0.0390. The van der Waals surface area contributed by atoms with Crippen LogP contribution in [0.4, 0.5) is 4.39 Å². The van der Waals surface area contributed by atoms with Crippen LogP contribution in [0.2, 0.25) is 0 Å². The third kappa shape index (κ3) is 2.11. The van der Waals surface area contributed by atoms with Gasteiger partial charge in [-0.15, -0.1) is 0 Å². The van der Waals surface area contributed by atoms with E-state index in [0.717, 1.165) is 16.2 Å². The van der Waals surface area contributed by atoms with Gasteiger partial charge in [-0.3, -0.25) is 4.79 Å². The summed E-state index contributed by atoms with van der Waals surface area (Å²) in [4.78, 5) is 11.6. The molecule has 3 aromatic rings. The summed E-state index contributed by atoms with van der Waals surface area (Å²) >= 11 is 0. The zero-order valence-electron chi connectivity index (χ0n) is 10.9. The number of benzene rings is 2. The Hall–Kier alpha value is -2.43. The number of esters is 1. The summed E-state index contributed by atoms with van der Waals surface area (Å²) in [5.41, 5.74) is 1.08. The number of rotatable bonds is 3. The highest BCUT2D eigenvalue weighted by Crippen LogP contribution is 2.29. The van der Waals surface area contributed by atoms with Gasteiger partial charge in [0.2, 0.25) is 0 Å². The molecule has 1 aromatic heterocycles. The Balaban J connectivity index is 2.16. The quantitative estimate of drug-likeness (QED) is 0.687. The van der Waals surface area contributed by atoms with Crippen molar-refractivity contribution >= 4 is 27.7 Å². The Morgan fingerprint density at radius 1 is 1.35 bits per heavy atom. The summed E-state index contributed by atoms with van der Waals surface area (Å²) in [6.07, 6.45) is 0.0390. The van der Waals surface area contributed by atoms with Crippen molar-refractivity contribution in [3.05, 3.63) is 41.8 Å². The first-order valence-electron chi connectivity index (χ1n) is 6.31. The Morgan fingerprint density at radius 3 is 3.00 bits per heavy atom. The van der Waals surface area contributed by atoms with Crippen molar-refractivity contribution in [3.8, 4) is 0 Å². The fourth-order valence-electron chi connectivity index (χ4n) is 2.27. The molecular formula is C15H12FNO3. The van der Waals surface area contributed by atoms with Gasteiger partial charge in [0.05, 0.1) is 18.4 Å². The van der Waals surface area contributed by atoms with Gasteiger partial charge in [-0.1, -0.05) is 17.3 Å². The topological polar surface area (TPSA) is 52.3 Å². The van der Waals surface area contributed by atoms with Gasteiger partial charge in [-0.05, 0) is 35.9 Å². The number of fused-ring (bicyclic) bond motifs is 3. The molecule has 0 saturated heterocycles. The van der Waals surface area contributed by atoms with Gasteiger partial charge in [-0.2, -0.15) is 0 Å². The molecule has 0 saturated carbocycles. The lowest BCUT2D eigenvalue weighted by molar-refractivity contribution is -0.142. The summed E-state index contributed by atoms with van der Waals surface area (Å²) < 4.78 is 23.4. The zero-order chi connectivity index (χ0) is 14.1. The van der Waals surface area contributed by atoms with E-state index in [1.807, 2.05) is 0 Å². The minimum atomic E-state index is -0.359. The van der Waals surface area contributed by atoms with Gasteiger partial charge in [0, 0.05) is 0 Å². The first-order chi connectivity index (χ1) is 9.69. The Kier molecular flexibility index (Phi) is 3.10. The molecule has 0 N–H and O–H groups in total. The molecule has 20 heavy (non-hydrogen) atoms. The van der Waals surface area contributed by atoms with Crippen LogP contribution in [0.15, 0.2) is 34.9 Å². The van der Waals surface area contributed by atoms with Gasteiger partial charge in [0.1, 0.15) is 11.5 Å². The van der Waals surface area contributed by atoms with E-state index in [-0.39, 0.29) is 18.2 Å². The molecule has 0 aliphatic heterocycles. The van der Waals surface area contributed by atoms with Gasteiger partial charge in [-0.25, -0.2) is 4.39 Å². The van der Waals surface area contributed by atoms with Crippen molar-refractivity contribution < 1.29 is 18.4 Å². The number of carbonyl (C=O) groups is 1. The van der Waals surface area contributed by atoms with Crippen LogP contribution in [0.3, 0.4) is 0 Å². The van der Waals surface area contributed by atoms with Crippen LogP contribution in [-0.2, 0) is 16.0 Å². The summed E-state index contributed by atoms with van der Waals surface area (Å²) in [6, 6.07) is 7.97. The fourth-order valence-corrected chi connectivity index (χ4v) is 2.27. The van der Waals surface area contributed by atoms with E-state index in [9.17, 15) is 9.18 Å². The summed E-state index contributed by atoms with van der Waals surface area (Å²) in [7, 11) is 0. The second kappa shape index (κ2) is 4.92. The molecule has 0 fully saturated rings. The van der Waals surface area contributed by atoms with Crippen LogP contribution in [0.5, 0.6) is 0 Å². The highest BCUT2D eigenvalue weighted by atomic mass is 19.1. The number of hydrogen-bond donors (Lipinski definition) is 0. The van der Waals surface area contributed by atoms with Crippen molar-refractivity contribution in [2.75, 3.05) is 6.61 Å². The molecule has 1 heterocycles. The monoisotopic (exact) mass is 273 g/mol. The summed E-state index contributed by atoms with van der Waals surface area (Å²) in [5, 5.41) is 6.20. The summed E-state index contributed by atoms with van der Waals surface area (Å²) in [5.74, 6) is -0.665. The normalized spacial score (nSPS) is 11.1. The molecule has 2 aromatic carbocycles. The Bertz CT molecular complexity index is 794. The average Bonchev–Trinajstić information content (AvgIpc) is 2.82. The largest absolute Gasteiger partial charge is 0.466 e. The lowest BCUT2D eigenvalue weighted by Gasteiger charge is -2.01. The van der Waals surface area contributed by atoms with Crippen molar-refractivity contribution in [1.82, 2.24) is 5.16 Å². The van der Waals surface area contributed by atoms with Gasteiger partial charge in [0.15, 0.2) is 5.58 Å². The molecule has 0 aliphatic rings. The van der Waals surface area contributed by atoms with Crippen LogP contribution < -0.4 is 0 Å².